The molecule has 6 rings (SSSR count). The number of rotatable bonds is 12. The van der Waals surface area contributed by atoms with E-state index in [-0.39, 0.29) is 42.2 Å². The lowest BCUT2D eigenvalue weighted by Gasteiger charge is -2.55. The number of fused-ring (bicyclic) bond motifs is 1. The highest BCUT2D eigenvalue weighted by atomic mass is 35.5. The highest BCUT2D eigenvalue weighted by molar-refractivity contribution is 7.17. The van der Waals surface area contributed by atoms with E-state index in [1.807, 2.05) is 36.6 Å². The number of carbonyl (C=O) groups excluding carboxylic acids is 3. The Morgan fingerprint density at radius 1 is 0.979 bits per heavy atom. The van der Waals surface area contributed by atoms with Crippen molar-refractivity contribution in [3.8, 4) is 0 Å². The van der Waals surface area contributed by atoms with Crippen LogP contribution in [0.5, 0.6) is 0 Å². The standard InChI is InChI=1S/C35H41Cl2N3O6S/c1-3-45-34(43)22-10-12-24(13-11-22)46-35(39-14-6-7-15-39,40-19-25(20-40)44-2)32(41)17-23-16-29(37)30(18-28(23)36)38-33(42)27-21-47-31-9-5-4-8-26(27)31/h4-5,8-9,16,18,21-22,24-25H,3,6-7,10-15,17,19-20H2,1-2H3,(H,38,42)/t22-,24-,35?. The number of thiophene rings is 1. The van der Waals surface area contributed by atoms with E-state index in [2.05, 4.69) is 15.1 Å². The summed E-state index contributed by atoms with van der Waals surface area (Å²) in [5.41, 5.74) is 1.49. The number of methoxy groups -OCH3 is 1. The minimum Gasteiger partial charge on any atom is -0.466 e. The SMILES string of the molecule is CCOC(=O)[C@H]1CC[C@H](OC(C(=O)Cc2cc(Cl)c(NC(=O)c3csc4ccccc34)cc2Cl)(N2CCCC2)N2CC(OC)C2)CC1. The van der Waals surface area contributed by atoms with Gasteiger partial charge in [-0.1, -0.05) is 41.4 Å². The number of carbonyl (C=O) groups is 3. The Labute approximate surface area is 289 Å². The van der Waals surface area contributed by atoms with E-state index in [0.717, 1.165) is 36.0 Å². The van der Waals surface area contributed by atoms with E-state index in [0.29, 0.717) is 72.2 Å². The van der Waals surface area contributed by atoms with Gasteiger partial charge in [-0.2, -0.15) is 0 Å². The molecule has 2 aliphatic heterocycles. The van der Waals surface area contributed by atoms with Crippen LogP contribution in [0.15, 0.2) is 41.8 Å². The second kappa shape index (κ2) is 14.9. The maximum atomic E-state index is 14.7. The van der Waals surface area contributed by atoms with Crippen LogP contribution >= 0.6 is 34.5 Å². The number of hydrogen-bond donors (Lipinski definition) is 1. The molecule has 12 heteroatoms. The second-order valence-corrected chi connectivity index (χ2v) is 14.3. The average molecular weight is 703 g/mol. The lowest BCUT2D eigenvalue weighted by molar-refractivity contribution is -0.282. The van der Waals surface area contributed by atoms with Crippen LogP contribution in [0.2, 0.25) is 10.0 Å². The molecule has 47 heavy (non-hydrogen) atoms. The van der Waals surface area contributed by atoms with Crippen LogP contribution in [0, 0.1) is 5.92 Å². The number of likely N-dealkylation sites (tertiary alicyclic amines) is 2. The van der Waals surface area contributed by atoms with Crippen LogP contribution in [-0.2, 0) is 30.2 Å². The number of halogens is 2. The Morgan fingerprint density at radius 3 is 2.40 bits per heavy atom. The Morgan fingerprint density at radius 2 is 1.70 bits per heavy atom. The van der Waals surface area contributed by atoms with Gasteiger partial charge in [0, 0.05) is 60.2 Å². The van der Waals surface area contributed by atoms with E-state index in [4.69, 9.17) is 37.4 Å². The van der Waals surface area contributed by atoms with Crippen LogP contribution in [0.4, 0.5) is 5.69 Å². The highest BCUT2D eigenvalue weighted by Gasteiger charge is 2.56. The molecule has 2 saturated heterocycles. The Bertz CT molecular complexity index is 1610. The quantitative estimate of drug-likeness (QED) is 0.206. The van der Waals surface area contributed by atoms with Gasteiger partial charge in [0.15, 0.2) is 5.78 Å². The van der Waals surface area contributed by atoms with Crippen molar-refractivity contribution in [3.63, 3.8) is 0 Å². The van der Waals surface area contributed by atoms with Gasteiger partial charge in [-0.3, -0.25) is 24.2 Å². The first-order chi connectivity index (χ1) is 22.7. The topological polar surface area (TPSA) is 97.4 Å². The first-order valence-electron chi connectivity index (χ1n) is 16.4. The summed E-state index contributed by atoms with van der Waals surface area (Å²) in [5, 5.41) is 6.22. The molecule has 1 amide bonds. The summed E-state index contributed by atoms with van der Waals surface area (Å²) in [6.07, 6.45) is 4.37. The van der Waals surface area contributed by atoms with E-state index < -0.39 is 5.85 Å². The van der Waals surface area contributed by atoms with Crippen molar-refractivity contribution in [1.29, 1.82) is 0 Å². The summed E-state index contributed by atoms with van der Waals surface area (Å²) in [6, 6.07) is 11.0. The van der Waals surface area contributed by atoms with Crippen LogP contribution in [0.25, 0.3) is 10.1 Å². The molecule has 0 spiro atoms. The van der Waals surface area contributed by atoms with Gasteiger partial charge >= 0.3 is 5.97 Å². The van der Waals surface area contributed by atoms with Gasteiger partial charge in [-0.25, -0.2) is 0 Å². The van der Waals surface area contributed by atoms with Crippen molar-refractivity contribution in [2.75, 3.05) is 45.2 Å². The molecule has 3 fully saturated rings. The zero-order valence-corrected chi connectivity index (χ0v) is 29.1. The van der Waals surface area contributed by atoms with E-state index in [9.17, 15) is 14.4 Å². The number of Topliss-reactive ketones (excluding diaryl/α,β-unsaturated/α-hetero) is 1. The fraction of sp³-hybridized carbons (Fsp3) is 0.514. The smallest absolute Gasteiger partial charge is 0.308 e. The summed E-state index contributed by atoms with van der Waals surface area (Å²) in [4.78, 5) is 44.6. The number of hydrogen-bond acceptors (Lipinski definition) is 9. The Hall–Kier alpha value is -2.57. The molecule has 2 aromatic carbocycles. The molecule has 9 nitrogen and oxygen atoms in total. The maximum absolute atomic E-state index is 14.7. The molecule has 3 aromatic rings. The minimum absolute atomic E-state index is 0.00852. The third-order valence-electron chi connectivity index (χ3n) is 9.59. The number of nitrogens with one attached hydrogen (secondary N) is 1. The van der Waals surface area contributed by atoms with Gasteiger partial charge in [0.25, 0.3) is 5.91 Å². The van der Waals surface area contributed by atoms with Crippen molar-refractivity contribution in [1.82, 2.24) is 9.80 Å². The largest absolute Gasteiger partial charge is 0.466 e. The second-order valence-electron chi connectivity index (χ2n) is 12.5. The molecule has 0 radical (unpaired) electrons. The van der Waals surface area contributed by atoms with Gasteiger partial charge < -0.3 is 19.5 Å². The lowest BCUT2D eigenvalue weighted by atomic mass is 9.87. The first-order valence-corrected chi connectivity index (χ1v) is 18.0. The molecule has 1 unspecified atom stereocenters. The minimum atomic E-state index is -1.30. The molecule has 3 aliphatic rings. The van der Waals surface area contributed by atoms with E-state index >= 15 is 0 Å². The first kappa shape index (κ1) is 34.3. The molecule has 252 valence electrons. The molecular formula is C35H41Cl2N3O6S. The number of benzene rings is 2. The monoisotopic (exact) mass is 701 g/mol. The average Bonchev–Trinajstić information content (AvgIpc) is 3.74. The normalized spacial score (nSPS) is 22.1. The van der Waals surface area contributed by atoms with E-state index in [1.165, 1.54) is 11.3 Å². The molecule has 1 atom stereocenters. The van der Waals surface area contributed by atoms with Crippen molar-refractivity contribution in [2.45, 2.75) is 69.9 Å². The third-order valence-corrected chi connectivity index (χ3v) is 11.2. The molecular weight excluding hydrogens is 661 g/mol. The van der Waals surface area contributed by atoms with Crippen LogP contribution in [-0.4, -0.2) is 85.4 Å². The van der Waals surface area contributed by atoms with Gasteiger partial charge in [0.05, 0.1) is 41.0 Å². The zero-order chi connectivity index (χ0) is 33.1. The molecule has 1 aliphatic carbocycles. The predicted octanol–water partition coefficient (Wildman–Crippen LogP) is 6.79. The molecule has 3 heterocycles. The Balaban J connectivity index is 1.23. The summed E-state index contributed by atoms with van der Waals surface area (Å²) in [7, 11) is 1.68. The third kappa shape index (κ3) is 7.11. The zero-order valence-electron chi connectivity index (χ0n) is 26.8. The summed E-state index contributed by atoms with van der Waals surface area (Å²) in [6.45, 7) is 4.77. The van der Waals surface area contributed by atoms with Crippen molar-refractivity contribution in [3.05, 3.63) is 63.0 Å². The maximum Gasteiger partial charge on any atom is 0.308 e. The number of ketones is 1. The molecule has 0 bridgehead atoms. The fourth-order valence-corrected chi connectivity index (χ4v) is 8.39. The van der Waals surface area contributed by atoms with Crippen LogP contribution in [0.3, 0.4) is 0 Å². The number of amides is 1. The number of anilines is 1. The summed E-state index contributed by atoms with van der Waals surface area (Å²) >= 11 is 15.0. The van der Waals surface area contributed by atoms with Crippen LogP contribution in [0.1, 0.15) is 61.4 Å². The van der Waals surface area contributed by atoms with Crippen molar-refractivity contribution >= 4 is 68.0 Å². The van der Waals surface area contributed by atoms with Crippen molar-refractivity contribution in [2.24, 2.45) is 5.92 Å². The molecule has 1 aromatic heterocycles. The molecule has 1 N–H and O–H groups in total. The number of esters is 1. The molecule has 1 saturated carbocycles. The van der Waals surface area contributed by atoms with Gasteiger partial charge in [-0.05, 0) is 69.2 Å². The highest BCUT2D eigenvalue weighted by Crippen LogP contribution is 2.40. The lowest BCUT2D eigenvalue weighted by Crippen LogP contribution is -2.74. The van der Waals surface area contributed by atoms with Gasteiger partial charge in [-0.15, -0.1) is 11.3 Å². The summed E-state index contributed by atoms with van der Waals surface area (Å²) in [5.74, 6) is -2.01. The van der Waals surface area contributed by atoms with Crippen molar-refractivity contribution < 1.29 is 28.6 Å². The van der Waals surface area contributed by atoms with Gasteiger partial charge in [0.2, 0.25) is 5.85 Å². The van der Waals surface area contributed by atoms with E-state index in [1.54, 1.807) is 19.2 Å². The van der Waals surface area contributed by atoms with Crippen LogP contribution < -0.4 is 5.32 Å². The van der Waals surface area contributed by atoms with Gasteiger partial charge in [0.1, 0.15) is 0 Å². The number of ether oxygens (including phenoxy) is 3. The summed E-state index contributed by atoms with van der Waals surface area (Å²) < 4.78 is 18.9. The Kier molecular flexibility index (Phi) is 10.9. The predicted molar refractivity (Wildman–Crippen MR) is 184 cm³/mol. The fourth-order valence-electron chi connectivity index (χ4n) is 6.98. The number of nitrogens with zero attached hydrogens (tertiary/aromatic N) is 2.